The van der Waals surface area contributed by atoms with E-state index in [-0.39, 0.29) is 5.56 Å². The second kappa shape index (κ2) is 5.27. The van der Waals surface area contributed by atoms with Crippen molar-refractivity contribution >= 4 is 11.0 Å². The minimum absolute atomic E-state index is 0.0686. The standard InChI is InChI=1S/C13H18N4O/c1-4-10(16(2)3)8-17-9-15-11-6-5-7-14-12(11)13(17)18/h5-7,9-10H,4,8H2,1-3H3/t10-/m0/s1. The van der Waals surface area contributed by atoms with Crippen LogP contribution >= 0.6 is 0 Å². The van der Waals surface area contributed by atoms with Crippen LogP contribution in [0.5, 0.6) is 0 Å². The smallest absolute Gasteiger partial charge is 0.279 e. The Balaban J connectivity index is 2.40. The van der Waals surface area contributed by atoms with E-state index in [0.717, 1.165) is 6.42 Å². The van der Waals surface area contributed by atoms with Gasteiger partial charge >= 0.3 is 0 Å². The summed E-state index contributed by atoms with van der Waals surface area (Å²) in [5, 5.41) is 0. The van der Waals surface area contributed by atoms with Crippen molar-refractivity contribution < 1.29 is 0 Å². The van der Waals surface area contributed by atoms with Gasteiger partial charge in [-0.1, -0.05) is 6.92 Å². The molecule has 0 amide bonds. The van der Waals surface area contributed by atoms with Crippen molar-refractivity contribution in [2.75, 3.05) is 14.1 Å². The first-order chi connectivity index (χ1) is 8.63. The zero-order valence-electron chi connectivity index (χ0n) is 11.0. The van der Waals surface area contributed by atoms with Crippen LogP contribution in [0.4, 0.5) is 0 Å². The largest absolute Gasteiger partial charge is 0.305 e. The summed E-state index contributed by atoms with van der Waals surface area (Å²) in [7, 11) is 4.04. The Labute approximate surface area is 106 Å². The molecular weight excluding hydrogens is 228 g/mol. The summed E-state index contributed by atoms with van der Waals surface area (Å²) in [6.45, 7) is 2.75. The zero-order chi connectivity index (χ0) is 13.1. The number of hydrogen-bond donors (Lipinski definition) is 0. The molecule has 0 bridgehead atoms. The van der Waals surface area contributed by atoms with E-state index in [1.54, 1.807) is 29.2 Å². The molecule has 1 atom stereocenters. The molecule has 2 heterocycles. The van der Waals surface area contributed by atoms with Gasteiger partial charge in [0.1, 0.15) is 0 Å². The third kappa shape index (κ3) is 2.41. The van der Waals surface area contributed by atoms with E-state index in [1.165, 1.54) is 0 Å². The highest BCUT2D eigenvalue weighted by atomic mass is 16.1. The van der Waals surface area contributed by atoms with E-state index >= 15 is 0 Å². The number of fused-ring (bicyclic) bond motifs is 1. The quantitative estimate of drug-likeness (QED) is 0.811. The molecule has 0 fully saturated rings. The number of pyridine rings is 1. The molecule has 96 valence electrons. The topological polar surface area (TPSA) is 51.0 Å². The van der Waals surface area contributed by atoms with E-state index in [1.807, 2.05) is 14.1 Å². The molecule has 0 aliphatic rings. The van der Waals surface area contributed by atoms with Gasteiger partial charge in [0.05, 0.1) is 11.8 Å². The van der Waals surface area contributed by atoms with Crippen molar-refractivity contribution in [1.29, 1.82) is 0 Å². The third-order valence-electron chi connectivity index (χ3n) is 3.20. The molecule has 2 aromatic rings. The van der Waals surface area contributed by atoms with E-state index in [9.17, 15) is 4.79 Å². The maximum Gasteiger partial charge on any atom is 0.279 e. The molecule has 0 saturated heterocycles. The Morgan fingerprint density at radius 1 is 1.39 bits per heavy atom. The minimum Gasteiger partial charge on any atom is -0.305 e. The predicted octanol–water partition coefficient (Wildman–Crippen LogP) is 1.13. The molecule has 0 saturated carbocycles. The molecule has 0 unspecified atom stereocenters. The van der Waals surface area contributed by atoms with Gasteiger partial charge in [-0.15, -0.1) is 0 Å². The summed E-state index contributed by atoms with van der Waals surface area (Å²) in [5.74, 6) is 0. The molecule has 0 aliphatic carbocycles. The van der Waals surface area contributed by atoms with Crippen molar-refractivity contribution in [3.63, 3.8) is 0 Å². The first-order valence-electron chi connectivity index (χ1n) is 6.10. The normalized spacial score (nSPS) is 13.1. The van der Waals surface area contributed by atoms with Gasteiger partial charge < -0.3 is 4.90 Å². The average molecular weight is 246 g/mol. The van der Waals surface area contributed by atoms with Crippen LogP contribution in [0.1, 0.15) is 13.3 Å². The van der Waals surface area contributed by atoms with Crippen LogP contribution in [-0.2, 0) is 6.54 Å². The van der Waals surface area contributed by atoms with Gasteiger partial charge in [0.25, 0.3) is 5.56 Å². The Hall–Kier alpha value is -1.75. The summed E-state index contributed by atoms with van der Waals surface area (Å²) < 4.78 is 1.64. The summed E-state index contributed by atoms with van der Waals surface area (Å²) in [4.78, 5) is 22.7. The van der Waals surface area contributed by atoms with E-state index in [0.29, 0.717) is 23.6 Å². The second-order valence-corrected chi connectivity index (χ2v) is 4.60. The van der Waals surface area contributed by atoms with Gasteiger partial charge in [0.2, 0.25) is 0 Å². The first kappa shape index (κ1) is 12.7. The molecule has 0 aromatic carbocycles. The number of hydrogen-bond acceptors (Lipinski definition) is 4. The van der Waals surface area contributed by atoms with Crippen molar-refractivity contribution in [3.05, 3.63) is 35.0 Å². The third-order valence-corrected chi connectivity index (χ3v) is 3.20. The molecule has 0 aliphatic heterocycles. The predicted molar refractivity (Wildman–Crippen MR) is 71.6 cm³/mol. The Bertz CT molecular complexity index is 591. The molecule has 2 rings (SSSR count). The SMILES string of the molecule is CC[C@@H](Cn1cnc2cccnc2c1=O)N(C)C. The van der Waals surface area contributed by atoms with E-state index < -0.39 is 0 Å². The number of rotatable bonds is 4. The van der Waals surface area contributed by atoms with E-state index in [2.05, 4.69) is 21.8 Å². The monoisotopic (exact) mass is 246 g/mol. The van der Waals surface area contributed by atoms with Gasteiger partial charge in [0.15, 0.2) is 5.52 Å². The highest BCUT2D eigenvalue weighted by Crippen LogP contribution is 2.04. The number of likely N-dealkylation sites (N-methyl/N-ethyl adjacent to an activating group) is 1. The van der Waals surface area contributed by atoms with Crippen molar-refractivity contribution in [3.8, 4) is 0 Å². The fourth-order valence-corrected chi connectivity index (χ4v) is 2.00. The Kier molecular flexibility index (Phi) is 3.72. The highest BCUT2D eigenvalue weighted by Gasteiger charge is 2.12. The maximum absolute atomic E-state index is 12.2. The number of nitrogens with zero attached hydrogens (tertiary/aromatic N) is 4. The minimum atomic E-state index is -0.0686. The van der Waals surface area contributed by atoms with Crippen LogP contribution in [0, 0.1) is 0 Å². The Morgan fingerprint density at radius 2 is 2.17 bits per heavy atom. The fraction of sp³-hybridized carbons (Fsp3) is 0.462. The summed E-state index contributed by atoms with van der Waals surface area (Å²) >= 11 is 0. The van der Waals surface area contributed by atoms with E-state index in [4.69, 9.17) is 0 Å². The maximum atomic E-state index is 12.2. The van der Waals surface area contributed by atoms with Crippen molar-refractivity contribution in [2.24, 2.45) is 0 Å². The first-order valence-corrected chi connectivity index (χ1v) is 6.10. The molecule has 0 radical (unpaired) electrons. The molecule has 0 N–H and O–H groups in total. The van der Waals surface area contributed by atoms with Crippen LogP contribution < -0.4 is 5.56 Å². The van der Waals surface area contributed by atoms with Crippen molar-refractivity contribution in [1.82, 2.24) is 19.4 Å². The summed E-state index contributed by atoms with van der Waals surface area (Å²) in [6, 6.07) is 3.91. The highest BCUT2D eigenvalue weighted by molar-refractivity contribution is 5.71. The molecule has 5 nitrogen and oxygen atoms in total. The zero-order valence-corrected chi connectivity index (χ0v) is 11.0. The van der Waals surface area contributed by atoms with Crippen LogP contribution in [-0.4, -0.2) is 39.6 Å². The Morgan fingerprint density at radius 3 is 2.83 bits per heavy atom. The van der Waals surface area contributed by atoms with Crippen LogP contribution in [0.2, 0.25) is 0 Å². The summed E-state index contributed by atoms with van der Waals surface area (Å²) in [6.07, 6.45) is 4.22. The molecule has 0 spiro atoms. The lowest BCUT2D eigenvalue weighted by Crippen LogP contribution is -2.35. The average Bonchev–Trinajstić information content (AvgIpc) is 2.38. The van der Waals surface area contributed by atoms with Gasteiger partial charge in [-0.3, -0.25) is 9.36 Å². The fourth-order valence-electron chi connectivity index (χ4n) is 2.00. The summed E-state index contributed by atoms with van der Waals surface area (Å²) in [5.41, 5.74) is 1.02. The molecule has 18 heavy (non-hydrogen) atoms. The van der Waals surface area contributed by atoms with Crippen LogP contribution in [0.25, 0.3) is 11.0 Å². The lowest BCUT2D eigenvalue weighted by molar-refractivity contribution is 0.255. The van der Waals surface area contributed by atoms with Crippen molar-refractivity contribution in [2.45, 2.75) is 25.9 Å². The molecular formula is C13H18N4O. The van der Waals surface area contributed by atoms with Gasteiger partial charge in [-0.2, -0.15) is 0 Å². The second-order valence-electron chi connectivity index (χ2n) is 4.60. The van der Waals surface area contributed by atoms with Gasteiger partial charge in [-0.25, -0.2) is 9.97 Å². The van der Waals surface area contributed by atoms with Gasteiger partial charge in [-0.05, 0) is 32.6 Å². The number of aromatic nitrogens is 3. The molecule has 5 heteroatoms. The van der Waals surface area contributed by atoms with Crippen LogP contribution in [0.3, 0.4) is 0 Å². The lowest BCUT2D eigenvalue weighted by Gasteiger charge is -2.23. The molecule has 2 aromatic heterocycles. The van der Waals surface area contributed by atoms with Gasteiger partial charge in [0, 0.05) is 18.8 Å². The van der Waals surface area contributed by atoms with Crippen LogP contribution in [0.15, 0.2) is 29.5 Å². The lowest BCUT2D eigenvalue weighted by atomic mass is 10.2.